The van der Waals surface area contributed by atoms with Gasteiger partial charge in [-0.1, -0.05) is 273 Å². The van der Waals surface area contributed by atoms with Crippen LogP contribution in [-0.4, -0.2) is 47.6 Å². The van der Waals surface area contributed by atoms with E-state index in [2.05, 4.69) is 308 Å². The Morgan fingerprint density at radius 3 is 0.916 bits per heavy atom. The fraction of sp³-hybridized carbons (Fsp3) is 0.327. The molecular weight excluding hydrogens is 2000 g/mol. The largest absolute Gasteiger partial charge is 0.512 e. The van der Waals surface area contributed by atoms with Gasteiger partial charge < -0.3 is 15.3 Å². The van der Waals surface area contributed by atoms with Crippen molar-refractivity contribution in [2.75, 3.05) is 0 Å². The molecule has 12 rings (SSSR count). The first-order valence-electron chi connectivity index (χ1n) is 41.0. The monoisotopic (exact) mass is 2130 g/mol. The predicted molar refractivity (Wildman–Crippen MR) is 490 cm³/mol. The Labute approximate surface area is 752 Å². The predicted octanol–water partition coefficient (Wildman–Crippen LogP) is 29.0. The SMILES string of the molecule is CC(=O)C=C(C)O.CC(C)CC(=O)C=C(O)CC(C)C.CC(C)CC(=O)C=C(O)CC(C)C.Cc1[c-]c(-c2cc(C(C)C)c3cc(-c4ccccc4)ccc3n2)cc(C)c1.Cc1[c-]c(-c2cc(C(C)C)c3cc(-c4ccccc4)ccc3n2)cc(C)c1.Cc1[c-]c(-c2cc(CC(C)(C)C)c3cc(-c4ccccc4)ccc3n2)cc(C)c1.[Ir].[Ir].[Ir]. The van der Waals surface area contributed by atoms with Crippen LogP contribution in [0.4, 0.5) is 0 Å². The Morgan fingerprint density at radius 2 is 0.655 bits per heavy atom. The van der Waals surface area contributed by atoms with Crippen molar-refractivity contribution in [3.63, 3.8) is 0 Å². The molecule has 0 saturated heterocycles. The summed E-state index contributed by atoms with van der Waals surface area (Å²) >= 11 is 0. The second-order valence-electron chi connectivity index (χ2n) is 34.5. The maximum atomic E-state index is 11.2. The van der Waals surface area contributed by atoms with Gasteiger partial charge in [-0.2, -0.15) is 0 Å². The van der Waals surface area contributed by atoms with Gasteiger partial charge in [0, 0.05) is 120 Å². The smallest absolute Gasteiger partial charge is 0.159 e. The molecule has 0 aliphatic carbocycles. The molecule has 0 aliphatic heterocycles. The van der Waals surface area contributed by atoms with E-state index in [1.165, 1.54) is 115 Å². The Balaban J connectivity index is 0.000000314. The van der Waals surface area contributed by atoms with Crippen LogP contribution in [0.15, 0.2) is 236 Å². The van der Waals surface area contributed by atoms with Crippen LogP contribution < -0.4 is 0 Å². The van der Waals surface area contributed by atoms with E-state index in [9.17, 15) is 24.6 Å². The van der Waals surface area contributed by atoms with Gasteiger partial charge in [0.25, 0.3) is 0 Å². The van der Waals surface area contributed by atoms with E-state index >= 15 is 0 Å². The van der Waals surface area contributed by atoms with E-state index in [1.807, 2.05) is 55.4 Å². The third-order valence-electron chi connectivity index (χ3n) is 18.7. The number of hydrogen-bond donors (Lipinski definition) is 3. The molecule has 0 bridgehead atoms. The van der Waals surface area contributed by atoms with E-state index in [-0.39, 0.29) is 100 Å². The number of carbonyl (C=O) groups is 3. The number of fused-ring (bicyclic) bond motifs is 3. The summed E-state index contributed by atoms with van der Waals surface area (Å²) in [5.74, 6) is 2.74. The molecule has 3 N–H and O–H groups in total. The number of ketones is 3. The van der Waals surface area contributed by atoms with Gasteiger partial charge in [0.05, 0.1) is 33.8 Å². The van der Waals surface area contributed by atoms with Crippen LogP contribution in [0.2, 0.25) is 0 Å². The molecule has 0 saturated carbocycles. The van der Waals surface area contributed by atoms with E-state index < -0.39 is 0 Å². The summed E-state index contributed by atoms with van der Waals surface area (Å²) in [6, 6.07) is 81.6. The zero-order valence-electron chi connectivity index (χ0n) is 74.2. The summed E-state index contributed by atoms with van der Waals surface area (Å²) in [6.45, 7) is 47.4. The second kappa shape index (κ2) is 48.9. The molecule has 12 aromatic rings. The van der Waals surface area contributed by atoms with Crippen LogP contribution >= 0.6 is 0 Å². The Hall–Kier alpha value is -9.21. The molecule has 12 heteroatoms. The minimum Gasteiger partial charge on any atom is -0.512 e. The molecule has 0 spiro atoms. The zero-order chi connectivity index (χ0) is 85.3. The number of allylic oxidation sites excluding steroid dienone is 6. The molecule has 3 radical (unpaired) electrons. The fourth-order valence-electron chi connectivity index (χ4n) is 14.0. The number of aliphatic hydroxyl groups excluding tert-OH is 3. The first-order chi connectivity index (χ1) is 54.8. The van der Waals surface area contributed by atoms with Gasteiger partial charge in [0.2, 0.25) is 0 Å². The van der Waals surface area contributed by atoms with Gasteiger partial charge in [-0.15, -0.1) is 105 Å². The van der Waals surface area contributed by atoms with Gasteiger partial charge >= 0.3 is 0 Å². The van der Waals surface area contributed by atoms with E-state index in [0.717, 1.165) is 73.4 Å². The van der Waals surface area contributed by atoms with E-state index in [4.69, 9.17) is 20.1 Å². The van der Waals surface area contributed by atoms with Crippen molar-refractivity contribution in [1.29, 1.82) is 0 Å². The number of benzene rings is 9. The molecule has 3 heterocycles. The molecule has 0 unspecified atom stereocenters. The number of aromatic nitrogens is 3. The fourth-order valence-corrected chi connectivity index (χ4v) is 14.0. The van der Waals surface area contributed by atoms with Crippen LogP contribution in [-0.2, 0) is 81.1 Å². The Bertz CT molecular complexity index is 5110. The van der Waals surface area contributed by atoms with Crippen molar-refractivity contribution < 1.29 is 90.0 Å². The number of pyridine rings is 3. The molecule has 9 nitrogen and oxygen atoms in total. The summed E-state index contributed by atoms with van der Waals surface area (Å²) < 4.78 is 0. The molecule has 0 fully saturated rings. The van der Waals surface area contributed by atoms with Crippen molar-refractivity contribution in [3.05, 3.63) is 304 Å². The van der Waals surface area contributed by atoms with E-state index in [1.54, 1.807) is 0 Å². The van der Waals surface area contributed by atoms with Gasteiger partial charge in [-0.25, -0.2) is 0 Å². The number of rotatable bonds is 20. The molecule has 9 aromatic carbocycles. The Morgan fingerprint density at radius 1 is 0.361 bits per heavy atom. The van der Waals surface area contributed by atoms with Crippen molar-refractivity contribution in [1.82, 2.24) is 15.0 Å². The summed E-state index contributed by atoms with van der Waals surface area (Å²) in [4.78, 5) is 47.4. The second-order valence-corrected chi connectivity index (χ2v) is 34.5. The normalized spacial score (nSPS) is 11.4. The standard InChI is InChI=1S/C28H28N.2C26H24N.2C11H20O2.C5H8O2.3Ir/c1-19-13-20(2)15-23(14-19)27-17-24(18-28(3,4)5)25-16-22(11-12-26(25)29-27)21-9-7-6-8-10-21;2*1-17(2)23-16-26(22-13-18(3)12-19(4)14-22)27-25-11-10-21(15-24(23)25)20-8-6-5-7-9-20;2*1-8(2)5-10(12)7-11(13)6-9(3)4;1-4(6)3-5(2)7;;;/h6-14,16-17H,18H2,1-5H3;2*5-13,15-17H,1-4H3;2*7-9,12H,5-6H2,1-4H3;3,6H,1-2H3;;;/q3*-1;;;;;;. The molecule has 0 atom stereocenters. The average molecular weight is 2120 g/mol. The number of aliphatic hydroxyl groups is 3. The summed E-state index contributed by atoms with van der Waals surface area (Å²) in [6.07, 6.45) is 7.10. The molecule has 3 aromatic heterocycles. The summed E-state index contributed by atoms with van der Waals surface area (Å²) in [5.41, 5.74) is 28.2. The maximum Gasteiger partial charge on any atom is 0.159 e. The quantitative estimate of drug-likeness (QED) is 0.0385. The zero-order valence-corrected chi connectivity index (χ0v) is 81.4. The van der Waals surface area contributed by atoms with Crippen LogP contribution in [0.1, 0.15) is 205 Å². The molecule has 0 aliphatic rings. The summed E-state index contributed by atoms with van der Waals surface area (Å²) in [7, 11) is 0. The third-order valence-corrected chi connectivity index (χ3v) is 18.7. The van der Waals surface area contributed by atoms with Crippen molar-refractivity contribution >= 4 is 50.1 Å². The number of carbonyl (C=O) groups excluding carboxylic acids is 3. The first-order valence-corrected chi connectivity index (χ1v) is 41.0. The van der Waals surface area contributed by atoms with Crippen molar-refractivity contribution in [2.24, 2.45) is 29.1 Å². The van der Waals surface area contributed by atoms with Gasteiger partial charge in [0.1, 0.15) is 0 Å². The van der Waals surface area contributed by atoms with Crippen molar-refractivity contribution in [2.45, 2.75) is 203 Å². The van der Waals surface area contributed by atoms with Crippen LogP contribution in [0, 0.1) is 88.8 Å². The average Bonchev–Trinajstić information content (AvgIpc) is 0.787. The molecule has 633 valence electrons. The topological polar surface area (TPSA) is 151 Å². The van der Waals surface area contributed by atoms with Crippen molar-refractivity contribution in [3.8, 4) is 67.2 Å². The van der Waals surface area contributed by atoms with Gasteiger partial charge in [-0.05, 0) is 165 Å². The molecule has 0 amide bonds. The van der Waals surface area contributed by atoms with Crippen LogP contribution in [0.5, 0.6) is 0 Å². The number of aryl methyl sites for hydroxylation is 6. The minimum atomic E-state index is -0.125. The van der Waals surface area contributed by atoms with Crippen LogP contribution in [0.3, 0.4) is 0 Å². The van der Waals surface area contributed by atoms with Gasteiger partial charge in [0.15, 0.2) is 17.3 Å². The Kier molecular flexibility index (Phi) is 42.0. The van der Waals surface area contributed by atoms with Crippen LogP contribution in [0.25, 0.3) is 99.9 Å². The number of hydrogen-bond acceptors (Lipinski definition) is 9. The van der Waals surface area contributed by atoms with Gasteiger partial charge in [-0.3, -0.25) is 29.3 Å². The third kappa shape index (κ3) is 34.1. The minimum absolute atomic E-state index is 0. The molecular formula is C107H124Ir3N3O6-3. The first kappa shape index (κ1) is 102. The van der Waals surface area contributed by atoms with E-state index in [0.29, 0.717) is 61.2 Å². The molecule has 119 heavy (non-hydrogen) atoms. The maximum absolute atomic E-state index is 11.2. The number of nitrogens with zero attached hydrogens (tertiary/aromatic N) is 3. The summed E-state index contributed by atoms with van der Waals surface area (Å²) in [5, 5.41) is 30.8.